The number of Topliss-reactive ketones (excluding diaryl/α,β-unsaturated/α-hetero) is 1. The standard InChI is InChI=1S/C26H20F3N3O5/c1-31-11-12-36-20-6-5-16(13-19(20)31)23(33)21-22(15-7-9-30-10-8-15)32(25(35)24(21)34)17-3-2-4-18(14-17)37-26(27,28)29/h2-10,13-14,22,33H,11-12H2,1H3/b23-21-. The van der Waals surface area contributed by atoms with Crippen LogP contribution in [0.4, 0.5) is 24.5 Å². The number of rotatable bonds is 4. The molecular formula is C26H20F3N3O5. The number of amides is 1. The van der Waals surface area contributed by atoms with Gasteiger partial charge in [0.2, 0.25) is 0 Å². The third kappa shape index (κ3) is 4.55. The summed E-state index contributed by atoms with van der Waals surface area (Å²) < 4.78 is 48.1. The molecule has 8 nitrogen and oxygen atoms in total. The first kappa shape index (κ1) is 24.2. The quantitative estimate of drug-likeness (QED) is 0.315. The predicted molar refractivity (Wildman–Crippen MR) is 127 cm³/mol. The second-order valence-electron chi connectivity index (χ2n) is 8.45. The fraction of sp³-hybridized carbons (Fsp3) is 0.192. The molecule has 11 heteroatoms. The number of aromatic nitrogens is 1. The normalized spacial score (nSPS) is 19.0. The van der Waals surface area contributed by atoms with E-state index in [0.717, 1.165) is 17.0 Å². The molecule has 1 atom stereocenters. The summed E-state index contributed by atoms with van der Waals surface area (Å²) in [5.41, 5.74) is 1.18. The summed E-state index contributed by atoms with van der Waals surface area (Å²) >= 11 is 0. The lowest BCUT2D eigenvalue weighted by molar-refractivity contribution is -0.274. The summed E-state index contributed by atoms with van der Waals surface area (Å²) in [5, 5.41) is 11.3. The second kappa shape index (κ2) is 9.16. The first-order valence-corrected chi connectivity index (χ1v) is 11.2. The van der Waals surface area contributed by atoms with Crippen LogP contribution >= 0.6 is 0 Å². The van der Waals surface area contributed by atoms with Crippen LogP contribution in [0, 0.1) is 0 Å². The zero-order valence-corrected chi connectivity index (χ0v) is 19.4. The van der Waals surface area contributed by atoms with Crippen molar-refractivity contribution < 1.29 is 37.3 Å². The number of anilines is 2. The molecule has 0 spiro atoms. The number of ketones is 1. The molecule has 1 N–H and O–H groups in total. The third-order valence-electron chi connectivity index (χ3n) is 6.12. The maximum absolute atomic E-state index is 13.3. The topological polar surface area (TPSA) is 92.2 Å². The molecule has 0 aliphatic carbocycles. The molecular weight excluding hydrogens is 491 g/mol. The molecule has 1 unspecified atom stereocenters. The van der Waals surface area contributed by atoms with Crippen LogP contribution in [0.25, 0.3) is 5.76 Å². The number of hydrogen-bond donors (Lipinski definition) is 1. The Labute approximate surface area is 209 Å². The molecule has 1 fully saturated rings. The van der Waals surface area contributed by atoms with Gasteiger partial charge in [-0.25, -0.2) is 0 Å². The second-order valence-corrected chi connectivity index (χ2v) is 8.45. The summed E-state index contributed by atoms with van der Waals surface area (Å²) in [7, 11) is 1.86. The average molecular weight is 511 g/mol. The minimum Gasteiger partial charge on any atom is -0.507 e. The van der Waals surface area contributed by atoms with Crippen LogP contribution in [0.1, 0.15) is 17.2 Å². The van der Waals surface area contributed by atoms with E-state index >= 15 is 0 Å². The van der Waals surface area contributed by atoms with Gasteiger partial charge in [0.15, 0.2) is 0 Å². The largest absolute Gasteiger partial charge is 0.573 e. The predicted octanol–water partition coefficient (Wildman–Crippen LogP) is 4.44. The maximum atomic E-state index is 13.3. The molecule has 37 heavy (non-hydrogen) atoms. The fourth-order valence-electron chi connectivity index (χ4n) is 4.44. The van der Waals surface area contributed by atoms with Crippen LogP contribution < -0.4 is 19.3 Å². The third-order valence-corrected chi connectivity index (χ3v) is 6.12. The highest BCUT2D eigenvalue weighted by molar-refractivity contribution is 6.51. The molecule has 0 radical (unpaired) electrons. The van der Waals surface area contributed by atoms with Crippen LogP contribution in [0.3, 0.4) is 0 Å². The molecule has 1 aromatic heterocycles. The Hall–Kier alpha value is -4.54. The lowest BCUT2D eigenvalue weighted by Crippen LogP contribution is -2.29. The lowest BCUT2D eigenvalue weighted by Gasteiger charge is -2.28. The molecule has 1 saturated heterocycles. The number of likely N-dealkylation sites (N-methyl/N-ethyl adjacent to an activating group) is 1. The van der Waals surface area contributed by atoms with E-state index < -0.39 is 35.6 Å². The Morgan fingerprint density at radius 2 is 1.86 bits per heavy atom. The number of pyridine rings is 1. The highest BCUT2D eigenvalue weighted by atomic mass is 19.4. The minimum absolute atomic E-state index is 0.0108. The van der Waals surface area contributed by atoms with Gasteiger partial charge in [-0.3, -0.25) is 19.5 Å². The lowest BCUT2D eigenvalue weighted by atomic mass is 9.95. The van der Waals surface area contributed by atoms with E-state index in [1.165, 1.54) is 24.5 Å². The van der Waals surface area contributed by atoms with Crippen molar-refractivity contribution >= 4 is 28.8 Å². The van der Waals surface area contributed by atoms with E-state index in [1.807, 2.05) is 11.9 Å². The van der Waals surface area contributed by atoms with Crippen LogP contribution in [0.15, 0.2) is 72.6 Å². The zero-order valence-electron chi connectivity index (χ0n) is 19.4. The van der Waals surface area contributed by atoms with Gasteiger partial charge in [-0.2, -0.15) is 0 Å². The van der Waals surface area contributed by atoms with Crippen molar-refractivity contribution in [1.29, 1.82) is 0 Å². The Morgan fingerprint density at radius 1 is 1.11 bits per heavy atom. The number of ether oxygens (including phenoxy) is 2. The number of carbonyl (C=O) groups is 2. The number of nitrogens with zero attached hydrogens (tertiary/aromatic N) is 3. The van der Waals surface area contributed by atoms with Gasteiger partial charge < -0.3 is 19.5 Å². The van der Waals surface area contributed by atoms with E-state index in [1.54, 1.807) is 30.3 Å². The summed E-state index contributed by atoms with van der Waals surface area (Å²) in [6.07, 6.45) is -2.05. The van der Waals surface area contributed by atoms with Crippen molar-refractivity contribution in [3.63, 3.8) is 0 Å². The number of aliphatic hydroxyl groups is 1. The van der Waals surface area contributed by atoms with Crippen molar-refractivity contribution in [2.45, 2.75) is 12.4 Å². The van der Waals surface area contributed by atoms with E-state index in [2.05, 4.69) is 9.72 Å². The molecule has 0 saturated carbocycles. The molecule has 1 amide bonds. The number of alkyl halides is 3. The van der Waals surface area contributed by atoms with Crippen molar-refractivity contribution in [3.8, 4) is 11.5 Å². The molecule has 190 valence electrons. The molecule has 2 aliphatic rings. The van der Waals surface area contributed by atoms with E-state index in [-0.39, 0.29) is 16.8 Å². The van der Waals surface area contributed by atoms with Gasteiger partial charge in [0.1, 0.15) is 23.9 Å². The number of halogens is 3. The van der Waals surface area contributed by atoms with Gasteiger partial charge in [-0.1, -0.05) is 6.07 Å². The van der Waals surface area contributed by atoms with Gasteiger partial charge in [-0.15, -0.1) is 13.2 Å². The zero-order chi connectivity index (χ0) is 26.3. The van der Waals surface area contributed by atoms with Crippen molar-refractivity contribution in [1.82, 2.24) is 4.98 Å². The first-order valence-electron chi connectivity index (χ1n) is 11.2. The van der Waals surface area contributed by atoms with Gasteiger partial charge in [0.25, 0.3) is 11.7 Å². The number of hydrogen-bond acceptors (Lipinski definition) is 7. The SMILES string of the molecule is CN1CCOc2ccc(/C(O)=C3/C(=O)C(=O)N(c4cccc(OC(F)(F)F)c4)C3c3ccncc3)cc21. The first-order chi connectivity index (χ1) is 17.6. The van der Waals surface area contributed by atoms with Crippen molar-refractivity contribution in [3.05, 3.63) is 83.7 Å². The van der Waals surface area contributed by atoms with Crippen LogP contribution in [0.2, 0.25) is 0 Å². The summed E-state index contributed by atoms with van der Waals surface area (Å²) in [6, 6.07) is 11.6. The molecule has 2 aliphatic heterocycles. The number of aliphatic hydroxyl groups excluding tert-OH is 1. The van der Waals surface area contributed by atoms with Crippen molar-refractivity contribution in [2.24, 2.45) is 0 Å². The van der Waals surface area contributed by atoms with E-state index in [9.17, 15) is 27.9 Å². The van der Waals surface area contributed by atoms with Gasteiger partial charge in [0, 0.05) is 36.8 Å². The fourth-order valence-corrected chi connectivity index (χ4v) is 4.44. The highest BCUT2D eigenvalue weighted by Crippen LogP contribution is 2.44. The van der Waals surface area contributed by atoms with Gasteiger partial charge in [-0.05, 0) is 48.0 Å². The van der Waals surface area contributed by atoms with Crippen molar-refractivity contribution in [2.75, 3.05) is 30.0 Å². The summed E-state index contributed by atoms with van der Waals surface area (Å²) in [6.45, 7) is 1.12. The van der Waals surface area contributed by atoms with Gasteiger partial charge >= 0.3 is 6.36 Å². The highest BCUT2D eigenvalue weighted by Gasteiger charge is 2.47. The summed E-state index contributed by atoms with van der Waals surface area (Å²) in [4.78, 5) is 33.5. The average Bonchev–Trinajstić information content (AvgIpc) is 3.13. The maximum Gasteiger partial charge on any atom is 0.573 e. The van der Waals surface area contributed by atoms with Crippen LogP contribution in [-0.2, 0) is 9.59 Å². The molecule has 3 heterocycles. The number of benzene rings is 2. The van der Waals surface area contributed by atoms with E-state index in [0.29, 0.717) is 30.2 Å². The number of carbonyl (C=O) groups excluding carboxylic acids is 2. The van der Waals surface area contributed by atoms with Gasteiger partial charge in [0.05, 0.1) is 23.8 Å². The van der Waals surface area contributed by atoms with E-state index in [4.69, 9.17) is 4.74 Å². The monoisotopic (exact) mass is 511 g/mol. The number of fused-ring (bicyclic) bond motifs is 1. The van der Waals surface area contributed by atoms with Crippen LogP contribution in [-0.4, -0.2) is 48.3 Å². The molecule has 2 aromatic carbocycles. The Bertz CT molecular complexity index is 1410. The Kier molecular flexibility index (Phi) is 5.98. The van der Waals surface area contributed by atoms with Crippen LogP contribution in [0.5, 0.6) is 11.5 Å². The molecule has 0 bridgehead atoms. The molecule has 3 aromatic rings. The Morgan fingerprint density at radius 3 is 2.59 bits per heavy atom. The summed E-state index contributed by atoms with van der Waals surface area (Å²) in [5.74, 6) is -2.36. The minimum atomic E-state index is -4.94. The Balaban J connectivity index is 1.65. The molecule has 5 rings (SSSR count). The smallest absolute Gasteiger partial charge is 0.507 e.